The first-order valence-corrected chi connectivity index (χ1v) is 13.5. The molecule has 5 heteroatoms. The molecule has 0 saturated carbocycles. The topological polar surface area (TPSA) is 61.3 Å². The van der Waals surface area contributed by atoms with E-state index in [2.05, 4.69) is 30.7 Å². The smallest absolute Gasteiger partial charge is 0.311 e. The third-order valence-corrected chi connectivity index (χ3v) is 6.32. The first kappa shape index (κ1) is 27.4. The molecule has 0 amide bonds. The summed E-state index contributed by atoms with van der Waals surface area (Å²) in [5.74, 6) is 2.48. The van der Waals surface area contributed by atoms with Gasteiger partial charge in [0.05, 0.1) is 6.61 Å². The monoisotopic (exact) mass is 488 g/mol. The normalized spacial score (nSPS) is 11.8. The van der Waals surface area contributed by atoms with E-state index in [9.17, 15) is 4.79 Å². The molecule has 0 radical (unpaired) electrons. The minimum Gasteiger partial charge on any atom is -0.494 e. The number of ether oxygens (including phenoxy) is 2. The molecule has 0 saturated heterocycles. The lowest BCUT2D eigenvalue weighted by Crippen LogP contribution is -2.09. The van der Waals surface area contributed by atoms with Gasteiger partial charge in [-0.1, -0.05) is 71.4 Å². The molecule has 5 nitrogen and oxygen atoms in total. The number of benzene rings is 2. The van der Waals surface area contributed by atoms with Gasteiger partial charge in [-0.2, -0.15) is 0 Å². The Morgan fingerprint density at radius 3 is 2.06 bits per heavy atom. The molecule has 192 valence electrons. The highest BCUT2D eigenvalue weighted by Gasteiger charge is 2.09. The summed E-state index contributed by atoms with van der Waals surface area (Å²) in [5.41, 5.74) is 2.83. The van der Waals surface area contributed by atoms with Crippen molar-refractivity contribution < 1.29 is 14.3 Å². The standard InChI is InChI=1S/C31H40N2O3/c1-4-6-7-8-9-21-35-28-16-14-26(15-17-28)31-32-22-27(23-33-31)25-12-18-29(19-13-25)36-30(34)20-11-24(3)10-5-2/h12-19,22-24H,4-11,20-21H2,1-3H3. The molecule has 0 aliphatic rings. The Hall–Kier alpha value is -3.21. The van der Waals surface area contributed by atoms with E-state index in [-0.39, 0.29) is 5.97 Å². The van der Waals surface area contributed by atoms with Gasteiger partial charge >= 0.3 is 5.97 Å². The minimum absolute atomic E-state index is 0.179. The number of carbonyl (C=O) groups excluding carboxylic acids is 1. The number of aromatic nitrogens is 2. The van der Waals surface area contributed by atoms with Crippen molar-refractivity contribution in [3.63, 3.8) is 0 Å². The van der Waals surface area contributed by atoms with Gasteiger partial charge in [-0.15, -0.1) is 0 Å². The minimum atomic E-state index is -0.179. The first-order chi connectivity index (χ1) is 17.6. The Morgan fingerprint density at radius 2 is 1.39 bits per heavy atom. The SMILES string of the molecule is CCCCCCCOc1ccc(-c2ncc(-c3ccc(OC(=O)CCC(C)CCC)cc3)cn2)cc1. The van der Waals surface area contributed by atoms with Crippen LogP contribution in [-0.2, 0) is 4.79 Å². The Kier molecular flexibility index (Phi) is 11.4. The Labute approximate surface area is 216 Å². The Morgan fingerprint density at radius 1 is 0.750 bits per heavy atom. The molecule has 3 rings (SSSR count). The van der Waals surface area contributed by atoms with Gasteiger partial charge in [0.15, 0.2) is 5.82 Å². The van der Waals surface area contributed by atoms with Crippen molar-refractivity contribution in [1.29, 1.82) is 0 Å². The number of esters is 1. The molecule has 36 heavy (non-hydrogen) atoms. The van der Waals surface area contributed by atoms with E-state index in [1.165, 1.54) is 25.7 Å². The summed E-state index contributed by atoms with van der Waals surface area (Å²) in [6.07, 6.45) is 13.4. The molecule has 1 aromatic heterocycles. The number of rotatable bonds is 15. The summed E-state index contributed by atoms with van der Waals surface area (Å²) in [5, 5.41) is 0. The van der Waals surface area contributed by atoms with Crippen LogP contribution in [0.5, 0.6) is 11.5 Å². The fourth-order valence-electron chi connectivity index (χ4n) is 4.12. The summed E-state index contributed by atoms with van der Waals surface area (Å²) in [4.78, 5) is 21.2. The van der Waals surface area contributed by atoms with Crippen molar-refractivity contribution in [3.8, 4) is 34.0 Å². The molecule has 0 aliphatic carbocycles. The lowest BCUT2D eigenvalue weighted by atomic mass is 10.0. The van der Waals surface area contributed by atoms with Gasteiger partial charge in [-0.25, -0.2) is 9.97 Å². The van der Waals surface area contributed by atoms with Crippen LogP contribution in [0.25, 0.3) is 22.5 Å². The van der Waals surface area contributed by atoms with E-state index in [0.717, 1.165) is 54.7 Å². The van der Waals surface area contributed by atoms with Crippen LogP contribution in [0, 0.1) is 5.92 Å². The average Bonchev–Trinajstić information content (AvgIpc) is 2.91. The molecule has 0 fully saturated rings. The highest BCUT2D eigenvalue weighted by atomic mass is 16.5. The summed E-state index contributed by atoms with van der Waals surface area (Å²) >= 11 is 0. The van der Waals surface area contributed by atoms with Gasteiger partial charge in [0, 0.05) is 29.9 Å². The molecule has 1 heterocycles. The molecule has 0 N–H and O–H groups in total. The van der Waals surface area contributed by atoms with Gasteiger partial charge in [0.2, 0.25) is 0 Å². The van der Waals surface area contributed by atoms with Crippen LogP contribution in [0.3, 0.4) is 0 Å². The van der Waals surface area contributed by atoms with Crippen LogP contribution in [0.2, 0.25) is 0 Å². The number of nitrogens with zero attached hydrogens (tertiary/aromatic N) is 2. The number of hydrogen-bond donors (Lipinski definition) is 0. The number of carbonyl (C=O) groups is 1. The molecule has 3 aromatic rings. The van der Waals surface area contributed by atoms with Gasteiger partial charge in [0.25, 0.3) is 0 Å². The van der Waals surface area contributed by atoms with E-state index >= 15 is 0 Å². The fraction of sp³-hybridized carbons (Fsp3) is 0.452. The van der Waals surface area contributed by atoms with Crippen molar-refractivity contribution in [1.82, 2.24) is 9.97 Å². The molecule has 2 aromatic carbocycles. The average molecular weight is 489 g/mol. The molecule has 0 bridgehead atoms. The van der Waals surface area contributed by atoms with Crippen LogP contribution in [0.15, 0.2) is 60.9 Å². The van der Waals surface area contributed by atoms with Gasteiger partial charge in [-0.05, 0) is 60.7 Å². The van der Waals surface area contributed by atoms with Crippen LogP contribution < -0.4 is 9.47 Å². The van der Waals surface area contributed by atoms with E-state index in [1.807, 2.05) is 60.9 Å². The summed E-state index contributed by atoms with van der Waals surface area (Å²) in [7, 11) is 0. The van der Waals surface area contributed by atoms with Crippen molar-refractivity contribution in [3.05, 3.63) is 60.9 Å². The number of unbranched alkanes of at least 4 members (excludes halogenated alkanes) is 4. The second-order valence-electron chi connectivity index (χ2n) is 9.51. The molecule has 1 atom stereocenters. The maximum atomic E-state index is 12.1. The fourth-order valence-corrected chi connectivity index (χ4v) is 4.12. The van der Waals surface area contributed by atoms with Gasteiger partial charge < -0.3 is 9.47 Å². The van der Waals surface area contributed by atoms with E-state index in [1.54, 1.807) is 0 Å². The second kappa shape index (κ2) is 15.0. The molecule has 0 aliphatic heterocycles. The molecule has 0 spiro atoms. The second-order valence-corrected chi connectivity index (χ2v) is 9.51. The maximum Gasteiger partial charge on any atom is 0.311 e. The summed E-state index contributed by atoms with van der Waals surface area (Å²) < 4.78 is 11.3. The number of hydrogen-bond acceptors (Lipinski definition) is 5. The zero-order valence-electron chi connectivity index (χ0n) is 22.0. The first-order valence-electron chi connectivity index (χ1n) is 13.5. The van der Waals surface area contributed by atoms with E-state index < -0.39 is 0 Å². The summed E-state index contributed by atoms with van der Waals surface area (Å²) in [6, 6.07) is 15.4. The Bertz CT molecular complexity index is 1030. The highest BCUT2D eigenvalue weighted by Crippen LogP contribution is 2.24. The van der Waals surface area contributed by atoms with Crippen LogP contribution in [0.1, 0.15) is 78.6 Å². The van der Waals surface area contributed by atoms with Crippen molar-refractivity contribution in [2.24, 2.45) is 5.92 Å². The van der Waals surface area contributed by atoms with E-state index in [0.29, 0.717) is 23.9 Å². The lowest BCUT2D eigenvalue weighted by molar-refractivity contribution is -0.134. The Balaban J connectivity index is 1.49. The zero-order valence-corrected chi connectivity index (χ0v) is 22.0. The molecule has 1 unspecified atom stereocenters. The van der Waals surface area contributed by atoms with Crippen molar-refractivity contribution in [2.45, 2.75) is 78.6 Å². The predicted octanol–water partition coefficient (Wildman–Crippen LogP) is 8.28. The van der Waals surface area contributed by atoms with Crippen LogP contribution in [0.4, 0.5) is 0 Å². The van der Waals surface area contributed by atoms with Gasteiger partial charge in [-0.3, -0.25) is 4.79 Å². The third kappa shape index (κ3) is 9.10. The summed E-state index contributed by atoms with van der Waals surface area (Å²) in [6.45, 7) is 7.33. The van der Waals surface area contributed by atoms with Gasteiger partial charge in [0.1, 0.15) is 11.5 Å². The third-order valence-electron chi connectivity index (χ3n) is 6.32. The quantitative estimate of drug-likeness (QED) is 0.122. The highest BCUT2D eigenvalue weighted by molar-refractivity contribution is 5.73. The van der Waals surface area contributed by atoms with Crippen molar-refractivity contribution in [2.75, 3.05) is 6.61 Å². The van der Waals surface area contributed by atoms with E-state index in [4.69, 9.17) is 9.47 Å². The largest absolute Gasteiger partial charge is 0.494 e. The van der Waals surface area contributed by atoms with Crippen LogP contribution in [-0.4, -0.2) is 22.5 Å². The maximum absolute atomic E-state index is 12.1. The van der Waals surface area contributed by atoms with Crippen molar-refractivity contribution >= 4 is 5.97 Å². The lowest BCUT2D eigenvalue weighted by Gasteiger charge is -2.10. The van der Waals surface area contributed by atoms with Crippen LogP contribution >= 0.6 is 0 Å². The zero-order chi connectivity index (χ0) is 25.6. The predicted molar refractivity (Wildman–Crippen MR) is 146 cm³/mol. The molecular formula is C31H40N2O3. The molecular weight excluding hydrogens is 448 g/mol.